The van der Waals surface area contributed by atoms with Crippen molar-refractivity contribution in [3.63, 3.8) is 0 Å². The molecule has 138 valence electrons. The highest BCUT2D eigenvalue weighted by Crippen LogP contribution is 2.41. The van der Waals surface area contributed by atoms with Gasteiger partial charge in [-0.15, -0.1) is 0 Å². The Morgan fingerprint density at radius 1 is 1.29 bits per heavy atom. The van der Waals surface area contributed by atoms with Crippen LogP contribution in [0.2, 0.25) is 0 Å². The van der Waals surface area contributed by atoms with Gasteiger partial charge in [0.1, 0.15) is 9.84 Å². The quantitative estimate of drug-likeness (QED) is 0.899. The molecule has 3 rings (SSSR count). The Bertz CT molecular complexity index is 677. The van der Waals surface area contributed by atoms with Gasteiger partial charge in [0.15, 0.2) is 0 Å². The van der Waals surface area contributed by atoms with E-state index in [1.54, 1.807) is 0 Å². The molecule has 1 aromatic carbocycles. The van der Waals surface area contributed by atoms with Crippen LogP contribution in [-0.4, -0.2) is 52.0 Å². The van der Waals surface area contributed by atoms with E-state index in [1.807, 2.05) is 0 Å². The molecular formula is C19H34N2O2S. The first-order chi connectivity index (χ1) is 10.8. The van der Waals surface area contributed by atoms with Gasteiger partial charge in [0.2, 0.25) is 0 Å². The maximum absolute atomic E-state index is 11.7. The maximum Gasteiger partial charge on any atom is 0.150 e. The van der Waals surface area contributed by atoms with Crippen LogP contribution in [0.1, 0.15) is 52.1 Å². The Morgan fingerprint density at radius 2 is 1.96 bits per heavy atom. The fraction of sp³-hybridized carbons (Fsp3) is 0.684. The second kappa shape index (κ2) is 7.04. The van der Waals surface area contributed by atoms with Crippen LogP contribution in [0.25, 0.3) is 0 Å². The topological polar surface area (TPSA) is 49.4 Å². The molecular weight excluding hydrogens is 320 g/mol. The molecule has 2 heterocycles. The number of rotatable bonds is 4. The lowest BCUT2D eigenvalue weighted by molar-refractivity contribution is 0.342. The molecule has 4 nitrogen and oxygen atoms in total. The number of nitrogens with one attached hydrogen (secondary N) is 1. The predicted octanol–water partition coefficient (Wildman–Crippen LogP) is 3.50. The Hall–Kier alpha value is -1.07. The van der Waals surface area contributed by atoms with Crippen molar-refractivity contribution >= 4 is 15.5 Å². The van der Waals surface area contributed by atoms with Gasteiger partial charge in [0.25, 0.3) is 0 Å². The molecule has 0 spiro atoms. The summed E-state index contributed by atoms with van der Waals surface area (Å²) in [5.41, 5.74) is 4.14. The van der Waals surface area contributed by atoms with Gasteiger partial charge in [-0.3, -0.25) is 0 Å². The molecule has 1 unspecified atom stereocenters. The third-order valence-corrected chi connectivity index (χ3v) is 7.22. The van der Waals surface area contributed by atoms with Gasteiger partial charge in [0, 0.05) is 19.1 Å². The third kappa shape index (κ3) is 3.94. The van der Waals surface area contributed by atoms with Crippen molar-refractivity contribution in [3.8, 4) is 0 Å². The summed E-state index contributed by atoms with van der Waals surface area (Å²) < 4.78 is 23.3. The first kappa shape index (κ1) is 19.3. The summed E-state index contributed by atoms with van der Waals surface area (Å²) in [6.45, 7) is 4.40. The highest BCUT2D eigenvalue weighted by Gasteiger charge is 2.35. The average Bonchev–Trinajstić information content (AvgIpc) is 2.83. The van der Waals surface area contributed by atoms with Gasteiger partial charge < -0.3 is 10.2 Å². The molecule has 0 bridgehead atoms. The van der Waals surface area contributed by atoms with Crippen LogP contribution < -0.4 is 5.32 Å². The minimum absolute atomic E-state index is 0. The molecule has 1 fully saturated rings. The van der Waals surface area contributed by atoms with E-state index in [-0.39, 0.29) is 14.3 Å². The molecule has 0 aliphatic carbocycles. The van der Waals surface area contributed by atoms with Crippen molar-refractivity contribution in [2.75, 3.05) is 44.0 Å². The van der Waals surface area contributed by atoms with E-state index in [9.17, 15) is 8.42 Å². The lowest BCUT2D eigenvalue weighted by Gasteiger charge is -2.28. The molecule has 1 N–H and O–H groups in total. The number of hydrogen-bond donors (Lipinski definition) is 1. The monoisotopic (exact) mass is 354 g/mol. The maximum atomic E-state index is 11.7. The summed E-state index contributed by atoms with van der Waals surface area (Å²) in [6.07, 6.45) is 2.66. The molecule has 2 aliphatic rings. The Kier molecular flexibility index (Phi) is 5.65. The molecule has 0 radical (unpaired) electrons. The zero-order valence-electron chi connectivity index (χ0n) is 14.4. The average molecular weight is 355 g/mol. The van der Waals surface area contributed by atoms with Crippen LogP contribution >= 0.6 is 0 Å². The van der Waals surface area contributed by atoms with Crippen LogP contribution in [0, 0.1) is 0 Å². The zero-order chi connectivity index (χ0) is 16.7. The molecule has 2 aliphatic heterocycles. The number of anilines is 1. The van der Waals surface area contributed by atoms with Crippen molar-refractivity contribution in [2.24, 2.45) is 0 Å². The molecule has 1 atom stereocenters. The van der Waals surface area contributed by atoms with Crippen molar-refractivity contribution in [3.05, 3.63) is 29.3 Å². The van der Waals surface area contributed by atoms with Crippen LogP contribution in [0.4, 0.5) is 5.69 Å². The predicted molar refractivity (Wildman–Crippen MR) is 105 cm³/mol. The van der Waals surface area contributed by atoms with Gasteiger partial charge in [-0.1, -0.05) is 26.5 Å². The van der Waals surface area contributed by atoms with Crippen LogP contribution in [-0.2, 0) is 15.3 Å². The lowest BCUT2D eigenvalue weighted by atomic mass is 9.79. The van der Waals surface area contributed by atoms with Gasteiger partial charge in [0.05, 0.1) is 11.5 Å². The van der Waals surface area contributed by atoms with Gasteiger partial charge in [-0.2, -0.15) is 0 Å². The normalized spacial score (nSPS) is 25.8. The van der Waals surface area contributed by atoms with Gasteiger partial charge >= 0.3 is 0 Å². The largest absolute Gasteiger partial charge is 0.384 e. The van der Waals surface area contributed by atoms with Gasteiger partial charge in [-0.05, 0) is 63.0 Å². The molecule has 0 aromatic heterocycles. The van der Waals surface area contributed by atoms with Crippen LogP contribution in [0.5, 0.6) is 0 Å². The fourth-order valence-corrected chi connectivity index (χ4v) is 5.26. The Morgan fingerprint density at radius 3 is 2.58 bits per heavy atom. The van der Waals surface area contributed by atoms with E-state index in [2.05, 4.69) is 49.4 Å². The Labute approximate surface area is 149 Å². The summed E-state index contributed by atoms with van der Waals surface area (Å²) in [5.74, 6) is 1.07. The molecule has 1 saturated heterocycles. The molecule has 1 aromatic rings. The molecule has 24 heavy (non-hydrogen) atoms. The highest BCUT2D eigenvalue weighted by atomic mass is 32.2. The molecule has 5 heteroatoms. The summed E-state index contributed by atoms with van der Waals surface area (Å²) in [5, 5.41) is 3.54. The van der Waals surface area contributed by atoms with Gasteiger partial charge in [-0.25, -0.2) is 8.42 Å². The van der Waals surface area contributed by atoms with Crippen molar-refractivity contribution in [2.45, 2.75) is 44.9 Å². The third-order valence-electron chi connectivity index (χ3n) is 5.50. The standard InChI is InChI=1S/C18H28N2O2S.CH4.H2/c1-18(8-9-20(2)3)13-19-17-5-4-15(12-16(17)18)14-6-10-23(21,22)11-7-14;;/h4-5,12,14,19H,6-11,13H2,1-3H3;1H4;1H. The van der Waals surface area contributed by atoms with E-state index >= 15 is 0 Å². The second-order valence-corrected chi connectivity index (χ2v) is 10.0. The Balaban J connectivity index is 0.00000156. The first-order valence-corrected chi connectivity index (χ1v) is 10.3. The first-order valence-electron chi connectivity index (χ1n) is 8.53. The van der Waals surface area contributed by atoms with Crippen molar-refractivity contribution < 1.29 is 9.84 Å². The summed E-state index contributed by atoms with van der Waals surface area (Å²) in [4.78, 5) is 2.24. The summed E-state index contributed by atoms with van der Waals surface area (Å²) >= 11 is 0. The minimum atomic E-state index is -2.79. The van der Waals surface area contributed by atoms with E-state index in [0.29, 0.717) is 17.4 Å². The second-order valence-electron chi connectivity index (χ2n) is 7.70. The van der Waals surface area contributed by atoms with E-state index < -0.39 is 9.84 Å². The minimum Gasteiger partial charge on any atom is -0.384 e. The summed E-state index contributed by atoms with van der Waals surface area (Å²) in [6, 6.07) is 6.72. The van der Waals surface area contributed by atoms with E-state index in [1.165, 1.54) is 16.8 Å². The summed E-state index contributed by atoms with van der Waals surface area (Å²) in [7, 11) is 1.44. The van der Waals surface area contributed by atoms with Crippen molar-refractivity contribution in [1.82, 2.24) is 4.90 Å². The molecule has 0 saturated carbocycles. The zero-order valence-corrected chi connectivity index (χ0v) is 15.2. The van der Waals surface area contributed by atoms with Crippen molar-refractivity contribution in [1.29, 1.82) is 0 Å². The number of benzene rings is 1. The SMILES string of the molecule is C.CN(C)CCC1(C)CNc2ccc(C3CCS(=O)(=O)CC3)cc21.[HH]. The molecule has 0 amide bonds. The fourth-order valence-electron chi connectivity index (χ4n) is 3.77. The smallest absolute Gasteiger partial charge is 0.150 e. The number of nitrogens with zero attached hydrogens (tertiary/aromatic N) is 1. The lowest BCUT2D eigenvalue weighted by Crippen LogP contribution is -2.29. The van der Waals surface area contributed by atoms with E-state index in [0.717, 1.165) is 32.4 Å². The number of sulfone groups is 1. The number of hydrogen-bond acceptors (Lipinski definition) is 4. The highest BCUT2D eigenvalue weighted by molar-refractivity contribution is 7.91. The number of fused-ring (bicyclic) bond motifs is 1. The van der Waals surface area contributed by atoms with Crippen LogP contribution in [0.15, 0.2) is 18.2 Å². The van der Waals surface area contributed by atoms with E-state index in [4.69, 9.17) is 0 Å². The van der Waals surface area contributed by atoms with Crippen LogP contribution in [0.3, 0.4) is 0 Å².